The van der Waals surface area contributed by atoms with E-state index in [4.69, 9.17) is 4.98 Å². The van der Waals surface area contributed by atoms with Gasteiger partial charge in [-0.15, -0.1) is 11.3 Å². The SMILES string of the molecule is OC(c1ccccc1)(c1ccccc1)C(Sc1nc2ccccc2s1)c1ccccc1. The van der Waals surface area contributed by atoms with E-state index in [0.29, 0.717) is 0 Å². The van der Waals surface area contributed by atoms with Gasteiger partial charge in [0.2, 0.25) is 0 Å². The van der Waals surface area contributed by atoms with Crippen molar-refractivity contribution in [3.05, 3.63) is 132 Å². The van der Waals surface area contributed by atoms with Gasteiger partial charge in [0.15, 0.2) is 4.34 Å². The quantitative estimate of drug-likeness (QED) is 0.287. The second kappa shape index (κ2) is 8.67. The number of rotatable bonds is 6. The molecule has 5 rings (SSSR count). The summed E-state index contributed by atoms with van der Waals surface area (Å²) in [5.74, 6) is 0. The van der Waals surface area contributed by atoms with E-state index in [1.807, 2.05) is 97.1 Å². The summed E-state index contributed by atoms with van der Waals surface area (Å²) in [6, 6.07) is 38.3. The second-order valence-electron chi connectivity index (χ2n) is 7.35. The molecule has 1 aromatic heterocycles. The molecule has 0 saturated heterocycles. The highest BCUT2D eigenvalue weighted by Crippen LogP contribution is 2.52. The van der Waals surface area contributed by atoms with Crippen molar-refractivity contribution in [3.8, 4) is 0 Å². The van der Waals surface area contributed by atoms with Crippen LogP contribution in [0.4, 0.5) is 0 Å². The number of fused-ring (bicyclic) bond motifs is 1. The fraction of sp³-hybridized carbons (Fsp3) is 0.0741. The fourth-order valence-electron chi connectivity index (χ4n) is 3.88. The summed E-state index contributed by atoms with van der Waals surface area (Å²) in [6.07, 6.45) is 0. The average molecular weight is 440 g/mol. The first kappa shape index (κ1) is 20.0. The molecule has 0 aliphatic carbocycles. The zero-order valence-electron chi connectivity index (χ0n) is 16.8. The third-order valence-corrected chi connectivity index (χ3v) is 7.91. The highest BCUT2D eigenvalue weighted by Gasteiger charge is 2.42. The molecule has 4 aromatic carbocycles. The van der Waals surface area contributed by atoms with Crippen molar-refractivity contribution in [1.29, 1.82) is 0 Å². The molecule has 1 heterocycles. The van der Waals surface area contributed by atoms with Crippen molar-refractivity contribution >= 4 is 33.3 Å². The number of aliphatic hydroxyl groups is 1. The summed E-state index contributed by atoms with van der Waals surface area (Å²) in [4.78, 5) is 4.85. The minimum absolute atomic E-state index is 0.279. The molecular formula is C27H21NOS2. The van der Waals surface area contributed by atoms with Gasteiger partial charge in [-0.1, -0.05) is 115 Å². The van der Waals surface area contributed by atoms with Crippen LogP contribution in [0.5, 0.6) is 0 Å². The van der Waals surface area contributed by atoms with E-state index >= 15 is 0 Å². The van der Waals surface area contributed by atoms with Crippen LogP contribution < -0.4 is 0 Å². The first-order valence-electron chi connectivity index (χ1n) is 10.2. The summed E-state index contributed by atoms with van der Waals surface area (Å²) < 4.78 is 2.10. The van der Waals surface area contributed by atoms with E-state index in [9.17, 15) is 5.11 Å². The fourth-order valence-corrected chi connectivity index (χ4v) is 6.41. The Kier molecular flexibility index (Phi) is 5.60. The van der Waals surface area contributed by atoms with E-state index in [-0.39, 0.29) is 5.25 Å². The minimum atomic E-state index is -1.23. The van der Waals surface area contributed by atoms with Crippen molar-refractivity contribution in [1.82, 2.24) is 4.98 Å². The van der Waals surface area contributed by atoms with Crippen LogP contribution >= 0.6 is 23.1 Å². The molecule has 0 radical (unpaired) electrons. The van der Waals surface area contributed by atoms with Crippen molar-refractivity contribution in [2.75, 3.05) is 0 Å². The maximum absolute atomic E-state index is 12.5. The van der Waals surface area contributed by atoms with Crippen LogP contribution in [0.25, 0.3) is 10.2 Å². The Morgan fingerprint density at radius 2 is 1.19 bits per heavy atom. The number of hydrogen-bond donors (Lipinski definition) is 1. The number of nitrogens with zero attached hydrogens (tertiary/aromatic N) is 1. The number of para-hydroxylation sites is 1. The van der Waals surface area contributed by atoms with Crippen LogP contribution in [0.15, 0.2) is 120 Å². The van der Waals surface area contributed by atoms with Gasteiger partial charge in [0, 0.05) is 0 Å². The van der Waals surface area contributed by atoms with E-state index in [0.717, 1.165) is 31.2 Å². The van der Waals surface area contributed by atoms with E-state index in [1.165, 1.54) is 0 Å². The zero-order valence-corrected chi connectivity index (χ0v) is 18.4. The molecular weight excluding hydrogens is 418 g/mol. The Morgan fingerprint density at radius 3 is 1.77 bits per heavy atom. The molecule has 1 N–H and O–H groups in total. The van der Waals surface area contributed by atoms with Gasteiger partial charge in [-0.2, -0.15) is 0 Å². The number of thioether (sulfide) groups is 1. The zero-order chi connectivity index (χ0) is 21.1. The van der Waals surface area contributed by atoms with Gasteiger partial charge in [-0.05, 0) is 28.8 Å². The van der Waals surface area contributed by atoms with Gasteiger partial charge in [0.25, 0.3) is 0 Å². The Morgan fingerprint density at radius 1 is 0.677 bits per heavy atom. The van der Waals surface area contributed by atoms with Gasteiger partial charge in [-0.3, -0.25) is 0 Å². The third kappa shape index (κ3) is 3.90. The number of benzene rings is 4. The summed E-state index contributed by atoms with van der Waals surface area (Å²) in [7, 11) is 0. The molecule has 2 nitrogen and oxygen atoms in total. The van der Waals surface area contributed by atoms with Crippen molar-refractivity contribution < 1.29 is 5.11 Å². The summed E-state index contributed by atoms with van der Waals surface area (Å²) >= 11 is 3.29. The lowest BCUT2D eigenvalue weighted by Crippen LogP contribution is -2.33. The standard InChI is InChI=1S/C27H21NOS2/c29-27(21-14-6-2-7-15-21,22-16-8-3-9-17-22)25(20-12-4-1-5-13-20)31-26-28-23-18-10-11-19-24(23)30-26/h1-19,25,29H. The normalized spacial score (nSPS) is 12.7. The lowest BCUT2D eigenvalue weighted by molar-refractivity contribution is 0.0777. The molecule has 0 aliphatic rings. The van der Waals surface area contributed by atoms with Crippen molar-refractivity contribution in [2.24, 2.45) is 0 Å². The van der Waals surface area contributed by atoms with E-state index < -0.39 is 5.60 Å². The molecule has 0 fully saturated rings. The van der Waals surface area contributed by atoms with Crippen LogP contribution in [0.2, 0.25) is 0 Å². The van der Waals surface area contributed by atoms with Crippen LogP contribution in [-0.2, 0) is 5.60 Å². The molecule has 4 heteroatoms. The van der Waals surface area contributed by atoms with Gasteiger partial charge < -0.3 is 5.11 Å². The summed E-state index contributed by atoms with van der Waals surface area (Å²) in [6.45, 7) is 0. The molecule has 0 amide bonds. The first-order valence-corrected chi connectivity index (χ1v) is 11.9. The van der Waals surface area contributed by atoms with Gasteiger partial charge in [0.05, 0.1) is 15.5 Å². The number of aromatic nitrogens is 1. The smallest absolute Gasteiger partial charge is 0.151 e. The largest absolute Gasteiger partial charge is 0.379 e. The summed E-state index contributed by atoms with van der Waals surface area (Å²) in [5.41, 5.74) is 2.55. The van der Waals surface area contributed by atoms with Crippen LogP contribution in [0.3, 0.4) is 0 Å². The average Bonchev–Trinajstić information content (AvgIpc) is 3.26. The molecule has 1 atom stereocenters. The molecule has 1 unspecified atom stereocenters. The van der Waals surface area contributed by atoms with Gasteiger partial charge in [-0.25, -0.2) is 4.98 Å². The molecule has 0 saturated carbocycles. The van der Waals surface area contributed by atoms with Crippen LogP contribution in [0.1, 0.15) is 21.9 Å². The molecule has 0 aliphatic heterocycles. The van der Waals surface area contributed by atoms with Crippen molar-refractivity contribution in [3.63, 3.8) is 0 Å². The molecule has 0 spiro atoms. The van der Waals surface area contributed by atoms with Gasteiger partial charge >= 0.3 is 0 Å². The highest BCUT2D eigenvalue weighted by molar-refractivity contribution is 8.01. The predicted octanol–water partition coefficient (Wildman–Crippen LogP) is 7.07. The molecule has 0 bridgehead atoms. The molecule has 152 valence electrons. The van der Waals surface area contributed by atoms with E-state index in [2.05, 4.69) is 18.2 Å². The minimum Gasteiger partial charge on any atom is -0.379 e. The maximum Gasteiger partial charge on any atom is 0.151 e. The Hall–Kier alpha value is -2.92. The summed E-state index contributed by atoms with van der Waals surface area (Å²) in [5, 5.41) is 12.2. The lowest BCUT2D eigenvalue weighted by Gasteiger charge is -2.37. The third-order valence-electron chi connectivity index (χ3n) is 5.40. The predicted molar refractivity (Wildman–Crippen MR) is 131 cm³/mol. The Bertz CT molecular complexity index is 1200. The van der Waals surface area contributed by atoms with Crippen molar-refractivity contribution in [2.45, 2.75) is 15.2 Å². The van der Waals surface area contributed by atoms with E-state index in [1.54, 1.807) is 23.1 Å². The highest BCUT2D eigenvalue weighted by atomic mass is 32.2. The lowest BCUT2D eigenvalue weighted by atomic mass is 9.81. The monoisotopic (exact) mass is 439 g/mol. The second-order valence-corrected chi connectivity index (χ2v) is 9.74. The maximum atomic E-state index is 12.5. The topological polar surface area (TPSA) is 33.1 Å². The molecule has 5 aromatic rings. The van der Waals surface area contributed by atoms with Gasteiger partial charge in [0.1, 0.15) is 5.60 Å². The number of thiazole rings is 1. The molecule has 31 heavy (non-hydrogen) atoms. The van der Waals surface area contributed by atoms with Crippen LogP contribution in [-0.4, -0.2) is 10.1 Å². The van der Waals surface area contributed by atoms with Crippen LogP contribution in [0, 0.1) is 0 Å². The Balaban J connectivity index is 1.69. The first-order chi connectivity index (χ1) is 15.2. The Labute approximate surface area is 190 Å². The number of hydrogen-bond acceptors (Lipinski definition) is 4.